The monoisotopic (exact) mass is 350 g/mol. The number of esters is 1. The number of Topliss-reactive ketones (excluding diaryl/α,β-unsaturated/α-hetero) is 1. The van der Waals surface area contributed by atoms with Crippen LogP contribution in [0.15, 0.2) is 40.9 Å². The zero-order valence-corrected chi connectivity index (χ0v) is 15.1. The second-order valence-corrected chi connectivity index (χ2v) is 7.79. The summed E-state index contributed by atoms with van der Waals surface area (Å²) >= 11 is 0. The number of piperidine rings is 2. The molecule has 1 spiro atoms. The smallest absolute Gasteiger partial charge is 0.319 e. The van der Waals surface area contributed by atoms with E-state index in [9.17, 15) is 9.59 Å². The Kier molecular flexibility index (Phi) is 3.15. The molecular weight excluding hydrogens is 328 g/mol. The van der Waals surface area contributed by atoms with Gasteiger partial charge in [-0.2, -0.15) is 0 Å². The highest BCUT2D eigenvalue weighted by atomic mass is 16.5. The molecule has 1 aromatic rings. The molecule has 0 aromatic heterocycles. The number of para-hydroxylation sites is 1. The van der Waals surface area contributed by atoms with Crippen molar-refractivity contribution in [1.82, 2.24) is 4.90 Å². The molecule has 0 amide bonds. The highest BCUT2D eigenvalue weighted by molar-refractivity contribution is 6.13. The largest absolute Gasteiger partial charge is 0.468 e. The van der Waals surface area contributed by atoms with Crippen molar-refractivity contribution in [3.8, 4) is 0 Å². The topological polar surface area (TPSA) is 59.0 Å². The number of ether oxygens (including phenoxy) is 1. The Morgan fingerprint density at radius 2 is 2.19 bits per heavy atom. The maximum absolute atomic E-state index is 13.8. The lowest BCUT2D eigenvalue weighted by Gasteiger charge is -2.64. The molecule has 5 rings (SSSR count). The number of nitrogens with zero attached hydrogens (tertiary/aromatic N) is 2. The number of benzene rings is 1. The van der Waals surface area contributed by atoms with Gasteiger partial charge in [0.25, 0.3) is 0 Å². The molecule has 2 saturated heterocycles. The molecule has 1 unspecified atom stereocenters. The third kappa shape index (κ3) is 1.55. The molecule has 5 heteroatoms. The average molecular weight is 350 g/mol. The highest BCUT2D eigenvalue weighted by Crippen LogP contribution is 2.64. The summed E-state index contributed by atoms with van der Waals surface area (Å²) in [5, 5.41) is 0. The van der Waals surface area contributed by atoms with Gasteiger partial charge in [-0.25, -0.2) is 0 Å². The molecule has 3 heterocycles. The van der Waals surface area contributed by atoms with Crippen LogP contribution in [0.25, 0.3) is 0 Å². The van der Waals surface area contributed by atoms with Gasteiger partial charge in [-0.05, 0) is 31.4 Å². The van der Waals surface area contributed by atoms with Crippen LogP contribution < -0.4 is 0 Å². The fourth-order valence-corrected chi connectivity index (χ4v) is 6.03. The summed E-state index contributed by atoms with van der Waals surface area (Å²) in [5.41, 5.74) is 0.990. The van der Waals surface area contributed by atoms with E-state index in [0.717, 1.165) is 24.3 Å². The fourth-order valence-electron chi connectivity index (χ4n) is 6.03. The standard InChI is InChI=1S/C21H22N2O3/c1-3-13-11-23-9-8-20-14-6-4-5-7-16(14)22-12-21(20,19(25)26-2)15(13)10-17(23)18(20)24/h3-7,12,15,17H,8-11H2,1-2H3/b13-3-/t15-,17-,20?,21-/m0/s1. The van der Waals surface area contributed by atoms with Crippen molar-refractivity contribution >= 4 is 23.7 Å². The Labute approximate surface area is 152 Å². The van der Waals surface area contributed by atoms with Gasteiger partial charge in [0.2, 0.25) is 0 Å². The quantitative estimate of drug-likeness (QED) is 0.577. The van der Waals surface area contributed by atoms with E-state index in [4.69, 9.17) is 4.74 Å². The number of carbonyl (C=O) groups is 2. The number of allylic oxidation sites excluding steroid dienone is 1. The lowest BCUT2D eigenvalue weighted by Crippen LogP contribution is -2.75. The number of rotatable bonds is 1. The summed E-state index contributed by atoms with van der Waals surface area (Å²) in [6, 6.07) is 7.67. The third-order valence-electron chi connectivity index (χ3n) is 7.15. The Bertz CT molecular complexity index is 889. The van der Waals surface area contributed by atoms with Gasteiger partial charge in [0.1, 0.15) is 5.41 Å². The second kappa shape index (κ2) is 5.13. The Morgan fingerprint density at radius 3 is 2.96 bits per heavy atom. The number of hydrogen-bond acceptors (Lipinski definition) is 5. The van der Waals surface area contributed by atoms with Crippen LogP contribution in [0.5, 0.6) is 0 Å². The van der Waals surface area contributed by atoms with E-state index < -0.39 is 10.8 Å². The van der Waals surface area contributed by atoms with Gasteiger partial charge in [-0.3, -0.25) is 19.5 Å². The summed E-state index contributed by atoms with van der Waals surface area (Å²) in [6.45, 7) is 3.58. The van der Waals surface area contributed by atoms with Crippen molar-refractivity contribution in [1.29, 1.82) is 0 Å². The van der Waals surface area contributed by atoms with Crippen LogP contribution in [0.4, 0.5) is 5.69 Å². The lowest BCUT2D eigenvalue weighted by atomic mass is 9.42. The zero-order valence-electron chi connectivity index (χ0n) is 15.1. The number of hydrogen-bond donors (Lipinski definition) is 0. The normalized spacial score (nSPS) is 38.8. The van der Waals surface area contributed by atoms with Gasteiger partial charge in [-0.15, -0.1) is 0 Å². The predicted molar refractivity (Wildman–Crippen MR) is 97.6 cm³/mol. The fraction of sp³-hybridized carbons (Fsp3) is 0.476. The van der Waals surface area contributed by atoms with Crippen molar-refractivity contribution in [3.63, 3.8) is 0 Å². The molecule has 1 aliphatic carbocycles. The molecule has 3 aliphatic heterocycles. The van der Waals surface area contributed by atoms with Gasteiger partial charge in [-0.1, -0.05) is 29.8 Å². The average Bonchev–Trinajstić information content (AvgIpc) is 2.68. The summed E-state index contributed by atoms with van der Waals surface area (Å²) < 4.78 is 5.32. The highest BCUT2D eigenvalue weighted by Gasteiger charge is 2.73. The number of methoxy groups -OCH3 is 1. The zero-order chi connectivity index (χ0) is 18.1. The first-order chi connectivity index (χ1) is 12.6. The van der Waals surface area contributed by atoms with E-state index >= 15 is 0 Å². The van der Waals surface area contributed by atoms with Crippen LogP contribution in [0.3, 0.4) is 0 Å². The minimum atomic E-state index is -1.04. The molecule has 26 heavy (non-hydrogen) atoms. The SMILES string of the molecule is C/C=C1/CN2CCC34C(=O)[C@@H]2C[C@@H]1[C@]3(C(=O)OC)C=Nc1ccccc14. The molecule has 4 atom stereocenters. The molecule has 0 radical (unpaired) electrons. The van der Waals surface area contributed by atoms with E-state index in [0.29, 0.717) is 12.8 Å². The molecule has 134 valence electrons. The van der Waals surface area contributed by atoms with E-state index in [-0.39, 0.29) is 23.7 Å². The van der Waals surface area contributed by atoms with Crippen LogP contribution in [-0.4, -0.2) is 49.1 Å². The van der Waals surface area contributed by atoms with E-state index in [1.807, 2.05) is 31.2 Å². The summed E-state index contributed by atoms with van der Waals surface area (Å²) in [4.78, 5) is 34.1. The first-order valence-corrected chi connectivity index (χ1v) is 9.26. The van der Waals surface area contributed by atoms with Gasteiger partial charge >= 0.3 is 5.97 Å². The lowest BCUT2D eigenvalue weighted by molar-refractivity contribution is -0.172. The molecule has 5 nitrogen and oxygen atoms in total. The summed E-state index contributed by atoms with van der Waals surface area (Å²) in [7, 11) is 1.42. The Balaban J connectivity index is 1.88. The van der Waals surface area contributed by atoms with E-state index in [1.54, 1.807) is 6.21 Å². The molecule has 3 bridgehead atoms. The molecule has 3 fully saturated rings. The second-order valence-electron chi connectivity index (χ2n) is 7.79. The number of ketones is 1. The molecular formula is C21H22N2O3. The van der Waals surface area contributed by atoms with Crippen LogP contribution in [0, 0.1) is 11.3 Å². The number of aliphatic imine (C=N–C) groups is 1. The van der Waals surface area contributed by atoms with Gasteiger partial charge in [0, 0.05) is 25.2 Å². The third-order valence-corrected chi connectivity index (χ3v) is 7.15. The van der Waals surface area contributed by atoms with Gasteiger partial charge in [0.05, 0.1) is 24.3 Å². The Morgan fingerprint density at radius 1 is 1.38 bits per heavy atom. The van der Waals surface area contributed by atoms with Crippen molar-refractivity contribution < 1.29 is 14.3 Å². The molecule has 1 saturated carbocycles. The number of carbonyl (C=O) groups excluding carboxylic acids is 2. The van der Waals surface area contributed by atoms with Crippen LogP contribution in [0.2, 0.25) is 0 Å². The van der Waals surface area contributed by atoms with Crippen LogP contribution >= 0.6 is 0 Å². The summed E-state index contributed by atoms with van der Waals surface area (Å²) in [6.07, 6.45) is 5.17. The maximum atomic E-state index is 13.8. The van der Waals surface area contributed by atoms with Crippen molar-refractivity contribution in [2.24, 2.45) is 16.3 Å². The minimum absolute atomic E-state index is 0.0451. The van der Waals surface area contributed by atoms with Crippen LogP contribution in [0.1, 0.15) is 25.3 Å². The number of fused-ring (bicyclic) bond motifs is 3. The van der Waals surface area contributed by atoms with E-state index in [2.05, 4.69) is 16.0 Å². The van der Waals surface area contributed by atoms with Crippen molar-refractivity contribution in [2.75, 3.05) is 20.2 Å². The van der Waals surface area contributed by atoms with Gasteiger partial charge in [0.15, 0.2) is 5.78 Å². The Hall–Kier alpha value is -2.27. The van der Waals surface area contributed by atoms with Crippen LogP contribution in [-0.2, 0) is 19.7 Å². The summed E-state index contributed by atoms with van der Waals surface area (Å²) in [5.74, 6) is -0.210. The van der Waals surface area contributed by atoms with Gasteiger partial charge < -0.3 is 4.74 Å². The minimum Gasteiger partial charge on any atom is -0.468 e. The van der Waals surface area contributed by atoms with Crippen molar-refractivity contribution in [3.05, 3.63) is 41.5 Å². The van der Waals surface area contributed by atoms with Crippen molar-refractivity contribution in [2.45, 2.75) is 31.2 Å². The first kappa shape index (κ1) is 15.9. The maximum Gasteiger partial charge on any atom is 0.319 e. The van der Waals surface area contributed by atoms with E-state index in [1.165, 1.54) is 12.7 Å². The molecule has 4 aliphatic rings. The predicted octanol–water partition coefficient (Wildman–Crippen LogP) is 2.42. The molecule has 0 N–H and O–H groups in total. The first-order valence-electron chi connectivity index (χ1n) is 9.26. The molecule has 1 aromatic carbocycles.